The lowest BCUT2D eigenvalue weighted by Gasteiger charge is -2.17. The van der Waals surface area contributed by atoms with E-state index in [2.05, 4.69) is 11.9 Å². The van der Waals surface area contributed by atoms with Crippen LogP contribution in [0.3, 0.4) is 0 Å². The van der Waals surface area contributed by atoms with Gasteiger partial charge in [-0.25, -0.2) is 9.78 Å². The topological polar surface area (TPSA) is 43.1 Å². The highest BCUT2D eigenvalue weighted by Crippen LogP contribution is 2.35. The summed E-state index contributed by atoms with van der Waals surface area (Å²) in [5.74, 6) is 1.18. The molecule has 0 amide bonds. The van der Waals surface area contributed by atoms with E-state index in [1.54, 1.807) is 18.3 Å². The molecule has 16 heavy (non-hydrogen) atoms. The van der Waals surface area contributed by atoms with Crippen molar-refractivity contribution < 1.29 is 4.42 Å². The van der Waals surface area contributed by atoms with E-state index < -0.39 is 0 Å². The number of aromatic nitrogens is 1. The van der Waals surface area contributed by atoms with E-state index in [4.69, 9.17) is 4.42 Å². The van der Waals surface area contributed by atoms with Gasteiger partial charge in [0, 0.05) is 11.8 Å². The van der Waals surface area contributed by atoms with E-state index in [1.165, 1.54) is 10.4 Å². The van der Waals surface area contributed by atoms with Crippen molar-refractivity contribution in [2.75, 3.05) is 0 Å². The summed E-state index contributed by atoms with van der Waals surface area (Å²) in [6.07, 6.45) is 3.23. The predicted molar refractivity (Wildman–Crippen MR) is 64.1 cm³/mol. The Kier molecular flexibility index (Phi) is 2.14. The molecule has 0 spiro atoms. The largest absolute Gasteiger partial charge is 0.408 e. The van der Waals surface area contributed by atoms with Gasteiger partial charge in [-0.05, 0) is 30.7 Å². The van der Waals surface area contributed by atoms with E-state index in [0.717, 1.165) is 29.5 Å². The van der Waals surface area contributed by atoms with Crippen molar-refractivity contribution >= 4 is 21.6 Å². The second-order valence-corrected chi connectivity index (χ2v) is 5.64. The fourth-order valence-corrected chi connectivity index (χ4v) is 3.79. The highest BCUT2D eigenvalue weighted by molar-refractivity contribution is 7.18. The molecule has 4 heteroatoms. The minimum atomic E-state index is -0.213. The van der Waals surface area contributed by atoms with Crippen LogP contribution in [0, 0.1) is 12.8 Å². The van der Waals surface area contributed by atoms with Crippen molar-refractivity contribution in [3.05, 3.63) is 26.8 Å². The monoisotopic (exact) mass is 235 g/mol. The molecule has 0 saturated heterocycles. The Hall–Kier alpha value is -1.16. The lowest BCUT2D eigenvalue weighted by Crippen LogP contribution is -2.11. The quantitative estimate of drug-likeness (QED) is 0.705. The molecule has 3 rings (SSSR count). The summed E-state index contributed by atoms with van der Waals surface area (Å²) in [6.45, 7) is 3.98. The van der Waals surface area contributed by atoms with Crippen LogP contribution in [-0.4, -0.2) is 4.98 Å². The molecule has 0 fully saturated rings. The Morgan fingerprint density at radius 1 is 1.50 bits per heavy atom. The maximum atomic E-state index is 11.8. The van der Waals surface area contributed by atoms with Crippen LogP contribution in [0.4, 0.5) is 0 Å². The van der Waals surface area contributed by atoms with Gasteiger partial charge in [0.1, 0.15) is 10.2 Å². The molecule has 2 heterocycles. The molecule has 0 aromatic carbocycles. The van der Waals surface area contributed by atoms with Crippen LogP contribution in [0.5, 0.6) is 0 Å². The zero-order chi connectivity index (χ0) is 11.3. The van der Waals surface area contributed by atoms with Gasteiger partial charge in [0.15, 0.2) is 5.89 Å². The van der Waals surface area contributed by atoms with Gasteiger partial charge in [0.25, 0.3) is 0 Å². The molecular weight excluding hydrogens is 222 g/mol. The van der Waals surface area contributed by atoms with Crippen LogP contribution in [0.1, 0.15) is 29.7 Å². The average Bonchev–Trinajstić information content (AvgIpc) is 2.54. The first kappa shape index (κ1) is 10.0. The van der Waals surface area contributed by atoms with Gasteiger partial charge in [-0.1, -0.05) is 6.92 Å². The van der Waals surface area contributed by atoms with Gasteiger partial charge < -0.3 is 4.42 Å². The van der Waals surface area contributed by atoms with Crippen LogP contribution < -0.4 is 5.63 Å². The minimum Gasteiger partial charge on any atom is -0.408 e. The van der Waals surface area contributed by atoms with Crippen LogP contribution in [0.25, 0.3) is 10.2 Å². The maximum absolute atomic E-state index is 11.8. The molecular formula is C12H13NO2S. The van der Waals surface area contributed by atoms with Crippen molar-refractivity contribution in [2.45, 2.75) is 33.1 Å². The fourth-order valence-electron chi connectivity index (χ4n) is 2.38. The summed E-state index contributed by atoms with van der Waals surface area (Å²) in [6, 6.07) is 0. The Morgan fingerprint density at radius 3 is 3.12 bits per heavy atom. The maximum Gasteiger partial charge on any atom is 0.348 e. The number of thiophene rings is 1. The summed E-state index contributed by atoms with van der Waals surface area (Å²) < 4.78 is 5.08. The fraction of sp³-hybridized carbons (Fsp3) is 0.500. The molecule has 0 saturated carbocycles. The van der Waals surface area contributed by atoms with Gasteiger partial charge in [0.05, 0.1) is 0 Å². The second kappa shape index (κ2) is 3.42. The Morgan fingerprint density at radius 2 is 2.31 bits per heavy atom. The number of hydrogen-bond donors (Lipinski definition) is 0. The normalized spacial score (nSPS) is 20.0. The Balaban J connectivity index is 2.33. The van der Waals surface area contributed by atoms with Gasteiger partial charge in [-0.15, -0.1) is 11.3 Å². The number of hydrogen-bond acceptors (Lipinski definition) is 4. The summed E-state index contributed by atoms with van der Waals surface area (Å²) in [5, 5.41) is 0.734. The van der Waals surface area contributed by atoms with E-state index >= 15 is 0 Å². The summed E-state index contributed by atoms with van der Waals surface area (Å²) in [5.41, 5.74) is 0.980. The molecule has 0 N–H and O–H groups in total. The van der Waals surface area contributed by atoms with Crippen LogP contribution in [-0.2, 0) is 12.8 Å². The minimum absolute atomic E-state index is 0.213. The first-order valence-electron chi connectivity index (χ1n) is 5.57. The molecule has 2 aromatic heterocycles. The van der Waals surface area contributed by atoms with E-state index in [1.807, 2.05) is 0 Å². The van der Waals surface area contributed by atoms with Gasteiger partial charge in [-0.2, -0.15) is 0 Å². The lowest BCUT2D eigenvalue weighted by molar-refractivity contribution is 0.465. The molecule has 0 aliphatic heterocycles. The first-order chi connectivity index (χ1) is 7.65. The highest BCUT2D eigenvalue weighted by atomic mass is 32.1. The van der Waals surface area contributed by atoms with Crippen molar-refractivity contribution in [1.82, 2.24) is 4.98 Å². The molecule has 84 valence electrons. The number of nitrogens with zero attached hydrogens (tertiary/aromatic N) is 1. The summed E-state index contributed by atoms with van der Waals surface area (Å²) >= 11 is 1.66. The Labute approximate surface area is 97.1 Å². The van der Waals surface area contributed by atoms with Crippen molar-refractivity contribution in [2.24, 2.45) is 5.92 Å². The first-order valence-corrected chi connectivity index (χ1v) is 6.39. The summed E-state index contributed by atoms with van der Waals surface area (Å²) in [7, 11) is 0. The lowest BCUT2D eigenvalue weighted by atomic mass is 9.89. The standard InChI is InChI=1S/C12H13NO2S/c1-6-3-4-8-9(5-6)16-11-10(8)12(14)15-7(2)13-11/h6H,3-5H2,1-2H3. The van der Waals surface area contributed by atoms with Crippen LogP contribution >= 0.6 is 11.3 Å². The van der Waals surface area contributed by atoms with Crippen molar-refractivity contribution in [1.29, 1.82) is 0 Å². The molecule has 1 aliphatic carbocycles. The molecule has 1 atom stereocenters. The van der Waals surface area contributed by atoms with Crippen LogP contribution in [0.15, 0.2) is 9.21 Å². The third-order valence-corrected chi connectivity index (χ3v) is 4.34. The van der Waals surface area contributed by atoms with Crippen molar-refractivity contribution in [3.8, 4) is 0 Å². The average molecular weight is 235 g/mol. The van der Waals surface area contributed by atoms with Crippen LogP contribution in [0.2, 0.25) is 0 Å². The zero-order valence-electron chi connectivity index (χ0n) is 9.37. The summed E-state index contributed by atoms with van der Waals surface area (Å²) in [4.78, 5) is 18.3. The smallest absolute Gasteiger partial charge is 0.348 e. The molecule has 3 nitrogen and oxygen atoms in total. The van der Waals surface area contributed by atoms with E-state index in [9.17, 15) is 4.79 Å². The molecule has 1 aliphatic rings. The third-order valence-electron chi connectivity index (χ3n) is 3.20. The van der Waals surface area contributed by atoms with Gasteiger partial charge in [0.2, 0.25) is 0 Å². The number of aryl methyl sites for hydroxylation is 2. The van der Waals surface area contributed by atoms with Crippen molar-refractivity contribution in [3.63, 3.8) is 0 Å². The zero-order valence-corrected chi connectivity index (χ0v) is 10.2. The van der Waals surface area contributed by atoms with E-state index in [0.29, 0.717) is 11.8 Å². The SMILES string of the molecule is Cc1nc2sc3c(c2c(=O)o1)CCC(C)C3. The second-order valence-electron chi connectivity index (χ2n) is 4.55. The third kappa shape index (κ3) is 1.40. The molecule has 2 aromatic rings. The van der Waals surface area contributed by atoms with Gasteiger partial charge in [-0.3, -0.25) is 0 Å². The predicted octanol–water partition coefficient (Wildman–Crippen LogP) is 2.68. The number of fused-ring (bicyclic) bond motifs is 3. The molecule has 0 bridgehead atoms. The molecule has 0 radical (unpaired) electrons. The molecule has 1 unspecified atom stereocenters. The van der Waals surface area contributed by atoms with E-state index in [-0.39, 0.29) is 5.63 Å². The number of rotatable bonds is 0. The highest BCUT2D eigenvalue weighted by Gasteiger charge is 2.23. The Bertz CT molecular complexity index is 611. The van der Waals surface area contributed by atoms with Gasteiger partial charge >= 0.3 is 5.63 Å².